The molecule has 4 nitrogen and oxygen atoms in total. The van der Waals surface area contributed by atoms with E-state index in [1.807, 2.05) is 37.6 Å². The van der Waals surface area contributed by atoms with Crippen molar-refractivity contribution in [3.8, 4) is 0 Å². The van der Waals surface area contributed by atoms with Crippen molar-refractivity contribution >= 4 is 0 Å². The summed E-state index contributed by atoms with van der Waals surface area (Å²) in [5.74, 6) is 0.955. The van der Waals surface area contributed by atoms with Crippen LogP contribution in [0.15, 0.2) is 41.3 Å². The molecule has 2 aromatic heterocycles. The lowest BCUT2D eigenvalue weighted by atomic mass is 10.1. The number of pyridine rings is 1. The van der Waals surface area contributed by atoms with Gasteiger partial charge in [0.2, 0.25) is 0 Å². The first-order chi connectivity index (χ1) is 9.40. The summed E-state index contributed by atoms with van der Waals surface area (Å²) in [5, 5.41) is 3.08. The van der Waals surface area contributed by atoms with E-state index < -0.39 is 0 Å². The summed E-state index contributed by atoms with van der Waals surface area (Å²) < 4.78 is 11.1. The first-order valence-electron chi connectivity index (χ1n) is 6.56. The summed E-state index contributed by atoms with van der Waals surface area (Å²) >= 11 is 0. The number of hydrogen-bond acceptors (Lipinski definition) is 4. The molecule has 2 rings (SSSR count). The average Bonchev–Trinajstić information content (AvgIpc) is 2.88. The monoisotopic (exact) mass is 260 g/mol. The second kappa shape index (κ2) is 7.71. The molecule has 0 aromatic carbocycles. The van der Waals surface area contributed by atoms with E-state index in [2.05, 4.69) is 10.3 Å². The highest BCUT2D eigenvalue weighted by molar-refractivity contribution is 5.15. The van der Waals surface area contributed by atoms with Gasteiger partial charge in [0.25, 0.3) is 0 Å². The zero-order chi connectivity index (χ0) is 13.3. The zero-order valence-corrected chi connectivity index (χ0v) is 11.3. The van der Waals surface area contributed by atoms with E-state index in [0.717, 1.165) is 37.3 Å². The maximum atomic E-state index is 5.68. The van der Waals surface area contributed by atoms with Gasteiger partial charge in [0.15, 0.2) is 0 Å². The van der Waals surface area contributed by atoms with Crippen LogP contribution in [0.3, 0.4) is 0 Å². The predicted molar refractivity (Wildman–Crippen MR) is 73.7 cm³/mol. The van der Waals surface area contributed by atoms with Crippen LogP contribution in [-0.2, 0) is 24.3 Å². The first kappa shape index (κ1) is 13.8. The quantitative estimate of drug-likeness (QED) is 0.741. The van der Waals surface area contributed by atoms with Crippen LogP contribution in [0.2, 0.25) is 0 Å². The molecule has 0 aliphatic rings. The molecule has 0 amide bonds. The molecule has 0 aliphatic heterocycles. The molecular weight excluding hydrogens is 240 g/mol. The Bertz CT molecular complexity index is 468. The third-order valence-corrected chi connectivity index (χ3v) is 2.94. The lowest BCUT2D eigenvalue weighted by Gasteiger charge is -2.05. The Labute approximate surface area is 113 Å². The molecule has 0 radical (unpaired) electrons. The molecule has 0 fully saturated rings. The van der Waals surface area contributed by atoms with E-state index >= 15 is 0 Å². The Morgan fingerprint density at radius 3 is 2.89 bits per heavy atom. The summed E-state index contributed by atoms with van der Waals surface area (Å²) in [5.41, 5.74) is 2.43. The first-order valence-corrected chi connectivity index (χ1v) is 6.56. The Morgan fingerprint density at radius 2 is 2.11 bits per heavy atom. The van der Waals surface area contributed by atoms with Crippen LogP contribution in [0.4, 0.5) is 0 Å². The fourth-order valence-electron chi connectivity index (χ4n) is 1.92. The van der Waals surface area contributed by atoms with Gasteiger partial charge in [-0.05, 0) is 43.7 Å². The van der Waals surface area contributed by atoms with Crippen LogP contribution in [0.25, 0.3) is 0 Å². The molecule has 0 atom stereocenters. The Balaban J connectivity index is 1.65. The van der Waals surface area contributed by atoms with E-state index in [-0.39, 0.29) is 0 Å². The van der Waals surface area contributed by atoms with Gasteiger partial charge in [0.1, 0.15) is 5.76 Å². The smallest absolute Gasteiger partial charge is 0.123 e. The van der Waals surface area contributed by atoms with Gasteiger partial charge in [0.05, 0.1) is 19.4 Å². The van der Waals surface area contributed by atoms with Crippen molar-refractivity contribution in [3.63, 3.8) is 0 Å². The van der Waals surface area contributed by atoms with Crippen molar-refractivity contribution in [2.24, 2.45) is 0 Å². The number of aryl methyl sites for hydroxylation is 1. The van der Waals surface area contributed by atoms with E-state index in [1.54, 1.807) is 6.26 Å². The number of hydrogen-bond donors (Lipinski definition) is 1. The fourth-order valence-corrected chi connectivity index (χ4v) is 1.92. The molecule has 102 valence electrons. The molecule has 2 heterocycles. The minimum atomic E-state index is 0.615. The molecule has 0 saturated heterocycles. The van der Waals surface area contributed by atoms with Gasteiger partial charge >= 0.3 is 0 Å². The number of nitrogens with zero attached hydrogens (tertiary/aromatic N) is 1. The molecule has 4 heteroatoms. The topological polar surface area (TPSA) is 47.3 Å². The summed E-state index contributed by atoms with van der Waals surface area (Å²) in [6.45, 7) is 2.11. The molecule has 0 aliphatic carbocycles. The van der Waals surface area contributed by atoms with Gasteiger partial charge in [0, 0.05) is 24.6 Å². The molecule has 19 heavy (non-hydrogen) atoms. The van der Waals surface area contributed by atoms with Gasteiger partial charge in [-0.3, -0.25) is 4.98 Å². The van der Waals surface area contributed by atoms with E-state index in [0.29, 0.717) is 6.61 Å². The molecular formula is C15H20N2O2. The molecule has 0 spiro atoms. The highest BCUT2D eigenvalue weighted by Gasteiger charge is 2.04. The minimum Gasteiger partial charge on any atom is -0.468 e. The van der Waals surface area contributed by atoms with Gasteiger partial charge in [-0.1, -0.05) is 0 Å². The van der Waals surface area contributed by atoms with E-state index in [9.17, 15) is 0 Å². The minimum absolute atomic E-state index is 0.615. The third kappa shape index (κ3) is 4.50. The van der Waals surface area contributed by atoms with Crippen LogP contribution in [-0.4, -0.2) is 18.6 Å². The van der Waals surface area contributed by atoms with Crippen LogP contribution in [0, 0.1) is 0 Å². The highest BCUT2D eigenvalue weighted by Crippen LogP contribution is 2.12. The van der Waals surface area contributed by atoms with Crippen molar-refractivity contribution in [2.45, 2.75) is 26.0 Å². The lowest BCUT2D eigenvalue weighted by Crippen LogP contribution is -2.07. The van der Waals surface area contributed by atoms with Crippen molar-refractivity contribution < 1.29 is 9.15 Å². The van der Waals surface area contributed by atoms with Gasteiger partial charge in [-0.15, -0.1) is 0 Å². The zero-order valence-electron chi connectivity index (χ0n) is 11.3. The normalized spacial score (nSPS) is 10.8. The standard InChI is InChI=1S/C15H20N2O2/c1-16-11-15-14(6-10-19-15)12-18-9-2-3-13-4-7-17-8-5-13/h4-8,10,16H,2-3,9,11-12H2,1H3. The van der Waals surface area contributed by atoms with E-state index in [4.69, 9.17) is 9.15 Å². The number of furan rings is 1. The fraction of sp³-hybridized carbons (Fsp3) is 0.400. The van der Waals surface area contributed by atoms with Gasteiger partial charge in [-0.2, -0.15) is 0 Å². The summed E-state index contributed by atoms with van der Waals surface area (Å²) in [7, 11) is 1.90. The van der Waals surface area contributed by atoms with Crippen molar-refractivity contribution in [3.05, 3.63) is 53.7 Å². The largest absolute Gasteiger partial charge is 0.468 e. The average molecular weight is 260 g/mol. The van der Waals surface area contributed by atoms with Crippen molar-refractivity contribution in [1.82, 2.24) is 10.3 Å². The molecule has 0 unspecified atom stereocenters. The summed E-state index contributed by atoms with van der Waals surface area (Å²) in [4.78, 5) is 4.00. The molecule has 1 N–H and O–H groups in total. The second-order valence-corrected chi connectivity index (χ2v) is 4.41. The Hall–Kier alpha value is -1.65. The Morgan fingerprint density at radius 1 is 1.26 bits per heavy atom. The molecule has 0 bridgehead atoms. The predicted octanol–water partition coefficient (Wildman–Crippen LogP) is 2.54. The lowest BCUT2D eigenvalue weighted by molar-refractivity contribution is 0.117. The number of ether oxygens (including phenoxy) is 1. The van der Waals surface area contributed by atoms with Crippen LogP contribution in [0.1, 0.15) is 23.3 Å². The van der Waals surface area contributed by atoms with E-state index in [1.165, 1.54) is 5.56 Å². The number of aromatic nitrogens is 1. The molecule has 0 saturated carbocycles. The van der Waals surface area contributed by atoms with Crippen LogP contribution in [0.5, 0.6) is 0 Å². The maximum Gasteiger partial charge on any atom is 0.123 e. The van der Waals surface area contributed by atoms with Crippen LogP contribution < -0.4 is 5.32 Å². The second-order valence-electron chi connectivity index (χ2n) is 4.41. The van der Waals surface area contributed by atoms with Crippen molar-refractivity contribution in [1.29, 1.82) is 0 Å². The SMILES string of the molecule is CNCc1occc1COCCCc1ccncc1. The number of nitrogens with one attached hydrogen (secondary N) is 1. The Kier molecular flexibility index (Phi) is 5.59. The van der Waals surface area contributed by atoms with Crippen molar-refractivity contribution in [2.75, 3.05) is 13.7 Å². The number of rotatable bonds is 8. The maximum absolute atomic E-state index is 5.68. The molecule has 2 aromatic rings. The van der Waals surface area contributed by atoms with Crippen LogP contribution >= 0.6 is 0 Å². The highest BCUT2D eigenvalue weighted by atomic mass is 16.5. The van der Waals surface area contributed by atoms with Gasteiger partial charge in [-0.25, -0.2) is 0 Å². The van der Waals surface area contributed by atoms with Gasteiger partial charge < -0.3 is 14.5 Å². The third-order valence-electron chi connectivity index (χ3n) is 2.94. The summed E-state index contributed by atoms with van der Waals surface area (Å²) in [6, 6.07) is 6.05. The summed E-state index contributed by atoms with van der Waals surface area (Å²) in [6.07, 6.45) is 7.40.